The van der Waals surface area contributed by atoms with Crippen LogP contribution in [0.2, 0.25) is 0 Å². The molecule has 1 heterocycles. The molecule has 0 aliphatic carbocycles. The van der Waals surface area contributed by atoms with Crippen molar-refractivity contribution in [2.45, 2.75) is 12.5 Å². The highest BCUT2D eigenvalue weighted by molar-refractivity contribution is 5.76. The topological polar surface area (TPSA) is 71.7 Å². The number of hydrogen-bond donors (Lipinski definition) is 2. The zero-order valence-corrected chi connectivity index (χ0v) is 11.3. The summed E-state index contributed by atoms with van der Waals surface area (Å²) in [7, 11) is 0. The minimum atomic E-state index is -0.596. The number of ether oxygens (including phenoxy) is 1. The second-order valence-corrected chi connectivity index (χ2v) is 4.35. The highest BCUT2D eigenvalue weighted by Crippen LogP contribution is 2.16. The number of hydrogen-bond acceptors (Lipinski definition) is 4. The molecule has 21 heavy (non-hydrogen) atoms. The van der Waals surface area contributed by atoms with Crippen LogP contribution >= 0.6 is 0 Å². The lowest BCUT2D eigenvalue weighted by atomic mass is 10.2. The van der Waals surface area contributed by atoms with Gasteiger partial charge in [0.15, 0.2) is 11.6 Å². The minimum absolute atomic E-state index is 0.0447. The second kappa shape index (κ2) is 7.44. The van der Waals surface area contributed by atoms with Gasteiger partial charge in [-0.15, -0.1) is 0 Å². The van der Waals surface area contributed by atoms with Gasteiger partial charge in [-0.05, 0) is 24.3 Å². The highest BCUT2D eigenvalue weighted by Gasteiger charge is 2.16. The predicted octanol–water partition coefficient (Wildman–Crippen LogP) is 2.04. The molecule has 0 aliphatic heterocycles. The van der Waals surface area contributed by atoms with E-state index in [-0.39, 0.29) is 31.3 Å². The van der Waals surface area contributed by atoms with Gasteiger partial charge in [0.25, 0.3) is 0 Å². The van der Waals surface area contributed by atoms with E-state index in [4.69, 9.17) is 9.15 Å². The number of aliphatic hydroxyl groups excluding tert-OH is 1. The highest BCUT2D eigenvalue weighted by atomic mass is 19.1. The zero-order valence-electron chi connectivity index (χ0n) is 11.3. The summed E-state index contributed by atoms with van der Waals surface area (Å²) in [6.45, 7) is -0.226. The van der Waals surface area contributed by atoms with E-state index in [0.717, 1.165) is 0 Å². The predicted molar refractivity (Wildman–Crippen MR) is 73.2 cm³/mol. The van der Waals surface area contributed by atoms with Gasteiger partial charge in [0.05, 0.1) is 25.9 Å². The average molecular weight is 293 g/mol. The van der Waals surface area contributed by atoms with Gasteiger partial charge in [-0.1, -0.05) is 12.1 Å². The first-order valence-corrected chi connectivity index (χ1v) is 6.51. The number of benzene rings is 1. The van der Waals surface area contributed by atoms with Crippen LogP contribution in [0.1, 0.15) is 18.2 Å². The van der Waals surface area contributed by atoms with Crippen molar-refractivity contribution in [3.8, 4) is 5.75 Å². The molecular formula is C15H16FNO4. The van der Waals surface area contributed by atoms with Gasteiger partial charge < -0.3 is 19.6 Å². The van der Waals surface area contributed by atoms with Crippen LogP contribution in [-0.2, 0) is 4.79 Å². The molecule has 1 amide bonds. The maximum absolute atomic E-state index is 13.3. The summed E-state index contributed by atoms with van der Waals surface area (Å²) in [6.07, 6.45) is 1.51. The van der Waals surface area contributed by atoms with Crippen molar-refractivity contribution in [3.05, 3.63) is 54.2 Å². The smallest absolute Gasteiger partial charge is 0.224 e. The molecule has 112 valence electrons. The van der Waals surface area contributed by atoms with Gasteiger partial charge in [-0.2, -0.15) is 0 Å². The van der Waals surface area contributed by atoms with Gasteiger partial charge >= 0.3 is 0 Å². The van der Waals surface area contributed by atoms with Crippen molar-refractivity contribution in [1.29, 1.82) is 0 Å². The van der Waals surface area contributed by atoms with Crippen molar-refractivity contribution in [1.82, 2.24) is 5.32 Å². The Labute approximate surface area is 121 Å². The Hall–Kier alpha value is -2.34. The molecule has 1 aromatic carbocycles. The lowest BCUT2D eigenvalue weighted by Gasteiger charge is -2.14. The number of nitrogens with one attached hydrogen (secondary N) is 1. The fourth-order valence-electron chi connectivity index (χ4n) is 1.78. The third-order valence-corrected chi connectivity index (χ3v) is 2.83. The first-order chi connectivity index (χ1) is 10.2. The van der Waals surface area contributed by atoms with Gasteiger partial charge in [-0.25, -0.2) is 4.39 Å². The molecular weight excluding hydrogens is 277 g/mol. The van der Waals surface area contributed by atoms with E-state index in [2.05, 4.69) is 5.32 Å². The van der Waals surface area contributed by atoms with Crippen LogP contribution in [0.4, 0.5) is 4.39 Å². The minimum Gasteiger partial charge on any atom is -0.490 e. The molecule has 2 N–H and O–H groups in total. The van der Waals surface area contributed by atoms with Crippen molar-refractivity contribution < 1.29 is 23.4 Å². The summed E-state index contributed by atoms with van der Waals surface area (Å²) < 4.78 is 23.6. The van der Waals surface area contributed by atoms with E-state index in [9.17, 15) is 14.3 Å². The summed E-state index contributed by atoms with van der Waals surface area (Å²) in [4.78, 5) is 11.7. The van der Waals surface area contributed by atoms with E-state index in [1.165, 1.54) is 18.4 Å². The summed E-state index contributed by atoms with van der Waals surface area (Å²) >= 11 is 0. The van der Waals surface area contributed by atoms with Gasteiger partial charge in [0, 0.05) is 0 Å². The second-order valence-electron chi connectivity index (χ2n) is 4.35. The van der Waals surface area contributed by atoms with Crippen LogP contribution in [-0.4, -0.2) is 24.2 Å². The standard InChI is InChI=1S/C15H16FNO4/c16-11-4-1-2-5-13(11)21-9-7-15(19)17-12(10-18)14-6-3-8-20-14/h1-6,8,12,18H,7,9-10H2,(H,17,19). The summed E-state index contributed by atoms with van der Waals surface area (Å²) in [5, 5.41) is 11.8. The average Bonchev–Trinajstić information content (AvgIpc) is 3.01. The Morgan fingerprint density at radius 2 is 2.14 bits per heavy atom. The van der Waals surface area contributed by atoms with Gasteiger partial charge in [0.2, 0.25) is 5.91 Å². The van der Waals surface area contributed by atoms with Crippen LogP contribution in [0, 0.1) is 5.82 Å². The summed E-state index contributed by atoms with van der Waals surface area (Å²) in [5.41, 5.74) is 0. The van der Waals surface area contributed by atoms with Crippen molar-refractivity contribution >= 4 is 5.91 Å². The molecule has 0 aliphatic rings. The van der Waals surface area contributed by atoms with Crippen LogP contribution in [0.25, 0.3) is 0 Å². The Morgan fingerprint density at radius 1 is 1.33 bits per heavy atom. The molecule has 2 aromatic rings. The number of amides is 1. The maximum atomic E-state index is 13.3. The number of rotatable bonds is 7. The molecule has 1 atom stereocenters. The lowest BCUT2D eigenvalue weighted by Crippen LogP contribution is -2.31. The number of furan rings is 1. The zero-order chi connectivity index (χ0) is 15.1. The van der Waals surface area contributed by atoms with Crippen molar-refractivity contribution in [2.75, 3.05) is 13.2 Å². The molecule has 0 fully saturated rings. The monoisotopic (exact) mass is 293 g/mol. The fourth-order valence-corrected chi connectivity index (χ4v) is 1.78. The third-order valence-electron chi connectivity index (χ3n) is 2.83. The number of carbonyl (C=O) groups excluding carboxylic acids is 1. The van der Waals surface area contributed by atoms with Crippen LogP contribution in [0.3, 0.4) is 0 Å². The summed E-state index contributed by atoms with van der Waals surface area (Å²) in [5.74, 6) is -0.209. The largest absolute Gasteiger partial charge is 0.490 e. The van der Waals surface area contributed by atoms with E-state index in [0.29, 0.717) is 5.76 Å². The summed E-state index contributed by atoms with van der Waals surface area (Å²) in [6, 6.07) is 8.73. The lowest BCUT2D eigenvalue weighted by molar-refractivity contribution is -0.122. The molecule has 0 bridgehead atoms. The van der Waals surface area contributed by atoms with Crippen LogP contribution in [0.5, 0.6) is 5.75 Å². The molecule has 5 nitrogen and oxygen atoms in total. The van der Waals surface area contributed by atoms with Gasteiger partial charge in [-0.3, -0.25) is 4.79 Å². The Bertz CT molecular complexity index is 571. The number of halogens is 1. The first-order valence-electron chi connectivity index (χ1n) is 6.51. The van der Waals surface area contributed by atoms with Crippen molar-refractivity contribution in [2.24, 2.45) is 0 Å². The van der Waals surface area contributed by atoms with Crippen LogP contribution in [0.15, 0.2) is 47.1 Å². The molecule has 6 heteroatoms. The van der Waals surface area contributed by atoms with E-state index < -0.39 is 11.9 Å². The fraction of sp³-hybridized carbons (Fsp3) is 0.267. The van der Waals surface area contributed by atoms with Crippen LogP contribution < -0.4 is 10.1 Å². The Balaban J connectivity index is 1.78. The maximum Gasteiger partial charge on any atom is 0.224 e. The Morgan fingerprint density at radius 3 is 2.81 bits per heavy atom. The number of carbonyl (C=O) groups is 1. The third kappa shape index (κ3) is 4.32. The molecule has 0 saturated carbocycles. The van der Waals surface area contributed by atoms with E-state index in [1.807, 2.05) is 0 Å². The van der Waals surface area contributed by atoms with Crippen molar-refractivity contribution in [3.63, 3.8) is 0 Å². The molecule has 0 saturated heterocycles. The van der Waals surface area contributed by atoms with E-state index in [1.54, 1.807) is 24.3 Å². The Kier molecular flexibility index (Phi) is 5.34. The molecule has 2 rings (SSSR count). The molecule has 1 unspecified atom stereocenters. The van der Waals surface area contributed by atoms with Gasteiger partial charge in [0.1, 0.15) is 11.8 Å². The van der Waals surface area contributed by atoms with E-state index >= 15 is 0 Å². The molecule has 1 aromatic heterocycles. The SMILES string of the molecule is O=C(CCOc1ccccc1F)NC(CO)c1ccco1. The number of para-hydroxylation sites is 1. The number of aliphatic hydroxyl groups is 1. The normalized spacial score (nSPS) is 11.9. The molecule has 0 spiro atoms. The first kappa shape index (κ1) is 15.1. The quantitative estimate of drug-likeness (QED) is 0.819. The molecule has 0 radical (unpaired) electrons.